The van der Waals surface area contributed by atoms with Gasteiger partial charge in [-0.2, -0.15) is 0 Å². The molecule has 0 aliphatic heterocycles. The van der Waals surface area contributed by atoms with Crippen molar-refractivity contribution in [3.05, 3.63) is 308 Å². The molecule has 0 spiro atoms. The average molecular weight is 1200 g/mol. The van der Waals surface area contributed by atoms with Crippen molar-refractivity contribution in [1.29, 1.82) is 0 Å². The maximum absolute atomic E-state index is 6.32. The summed E-state index contributed by atoms with van der Waals surface area (Å²) in [6.45, 7) is 4.88. The maximum atomic E-state index is 6.32. The summed E-state index contributed by atoms with van der Waals surface area (Å²) in [5, 5.41) is 11.6. The van der Waals surface area contributed by atoms with Crippen LogP contribution in [0.1, 0.15) is 25.1 Å². The molecule has 3 atom stereocenters. The van der Waals surface area contributed by atoms with Gasteiger partial charge < -0.3 is 22.8 Å². The number of aryl methyl sites for hydroxylation is 2. The molecule has 0 saturated heterocycles. The molecule has 18 rings (SSSR count). The molecule has 5 heterocycles. The summed E-state index contributed by atoms with van der Waals surface area (Å²) in [6.07, 6.45) is 6.53. The molecule has 12 aromatic carbocycles. The summed E-state index contributed by atoms with van der Waals surface area (Å²) in [5.74, 6) is 0. The minimum absolute atomic E-state index is 0.417. The lowest BCUT2D eigenvalue weighted by Crippen LogP contribution is -2.07. The molecule has 1 aliphatic carbocycles. The van der Waals surface area contributed by atoms with Gasteiger partial charge in [-0.25, -0.2) is 0 Å². The number of allylic oxidation sites excluding steroid dienone is 2. The van der Waals surface area contributed by atoms with E-state index >= 15 is 0 Å². The van der Waals surface area contributed by atoms with E-state index in [4.69, 9.17) is 10.6 Å². The summed E-state index contributed by atoms with van der Waals surface area (Å²) in [6, 6.07) is 99.2. The normalized spacial score (nSPS) is 12.7. The van der Waals surface area contributed by atoms with Crippen molar-refractivity contribution >= 4 is 124 Å². The summed E-state index contributed by atoms with van der Waals surface area (Å²) in [7, 11) is 9.09. The van der Waals surface area contributed by atoms with Gasteiger partial charge in [-0.15, -0.1) is 18.5 Å². The van der Waals surface area contributed by atoms with Gasteiger partial charge in [0.25, 0.3) is 0 Å². The molecule has 5 aromatic heterocycles. The van der Waals surface area contributed by atoms with Crippen LogP contribution in [0.3, 0.4) is 0 Å². The second-order valence-electron chi connectivity index (χ2n) is 23.0. The van der Waals surface area contributed by atoms with Gasteiger partial charge >= 0.3 is 0 Å². The number of hydrogen-bond acceptors (Lipinski definition) is 0. The van der Waals surface area contributed by atoms with Crippen molar-refractivity contribution in [2.75, 3.05) is 12.7 Å². The Labute approximate surface area is 533 Å². The number of rotatable bonds is 6. The van der Waals surface area contributed by atoms with E-state index in [2.05, 4.69) is 340 Å². The van der Waals surface area contributed by atoms with E-state index in [1.165, 1.54) is 149 Å². The first-order chi connectivity index (χ1) is 45.2. The predicted molar refractivity (Wildman–Crippen MR) is 394 cm³/mol. The van der Waals surface area contributed by atoms with E-state index in [0.717, 1.165) is 24.2 Å². The highest BCUT2D eigenvalue weighted by molar-refractivity contribution is 7.19. The SMILES string of the molecule is C1=CCc2c(c3ccccc3n2-c2cc(-n3c4ccccc4c4ccccc43)cc(-n3c4ccccc4c4ccccc43)c2)C1.Cc1cc(-n2c3ccccc3c3ccccc32)ccc1-c1ccc(-n2c3ccccc3c3ccccc32)cc1C.[2H]C([B])P.[3H]CP. The molecule has 2 radical (unpaired) electrons. The van der Waals surface area contributed by atoms with E-state index in [1.807, 2.05) is 0 Å². The van der Waals surface area contributed by atoms with Crippen molar-refractivity contribution in [3.8, 4) is 39.6 Å². The summed E-state index contributed by atoms with van der Waals surface area (Å²) in [5.41, 5.74) is 24.9. The number of fused-ring (bicyclic) bond motifs is 15. The molecule has 0 fully saturated rings. The highest BCUT2D eigenvalue weighted by Gasteiger charge is 2.23. The maximum Gasteiger partial charge on any atom is 0.0709 e. The smallest absolute Gasteiger partial charge is 0.0709 e. The zero-order chi connectivity index (χ0) is 62.6. The fraction of sp³-hybridized carbons (Fsp3) is 0.0732. The number of hydrogen-bond donors (Lipinski definition) is 0. The van der Waals surface area contributed by atoms with Crippen molar-refractivity contribution < 1.29 is 2.74 Å². The van der Waals surface area contributed by atoms with Gasteiger partial charge in [0, 0.05) is 74.7 Å². The quantitative estimate of drug-likeness (QED) is 0.0901. The lowest BCUT2D eigenvalue weighted by molar-refractivity contribution is 0.952. The largest absolute Gasteiger partial charge is 0.313 e. The zero-order valence-electron chi connectivity index (χ0n) is 52.3. The predicted octanol–water partition coefficient (Wildman–Crippen LogP) is 21.1. The number of nitrogens with zero attached hydrogens (tertiary/aromatic N) is 5. The Hall–Kier alpha value is -9.96. The lowest BCUT2D eigenvalue weighted by Gasteiger charge is -2.19. The van der Waals surface area contributed by atoms with Crippen LogP contribution in [0.15, 0.2) is 285 Å². The first-order valence-electron chi connectivity index (χ1n) is 32.0. The highest BCUT2D eigenvalue weighted by atomic mass is 31.0. The molecule has 1 aliphatic rings. The Morgan fingerprint density at radius 1 is 0.344 bits per heavy atom. The second kappa shape index (κ2) is 23.9. The van der Waals surface area contributed by atoms with Crippen LogP contribution in [0, 0.1) is 13.8 Å². The van der Waals surface area contributed by atoms with Crippen LogP contribution in [0.25, 0.3) is 138 Å². The molecular weight excluding hydrogens is 1130 g/mol. The molecule has 0 amide bonds. The molecule has 8 heteroatoms. The third-order valence-corrected chi connectivity index (χ3v) is 18.1. The number of aromatic nitrogens is 5. The summed E-state index contributed by atoms with van der Waals surface area (Å²) in [4.78, 5) is 0. The van der Waals surface area contributed by atoms with Crippen LogP contribution in [-0.2, 0) is 12.8 Å². The first kappa shape index (κ1) is 54.2. The first-order valence-corrected chi connectivity index (χ1v) is 32.2. The van der Waals surface area contributed by atoms with Crippen LogP contribution >= 0.6 is 18.5 Å². The number of para-hydroxylation sites is 9. The molecule has 0 N–H and O–H groups in total. The minimum Gasteiger partial charge on any atom is -0.313 e. The third-order valence-electron chi connectivity index (χ3n) is 18.1. The average Bonchev–Trinajstić information content (AvgIpc) is 1.59. The molecule has 5 nitrogen and oxygen atoms in total. The minimum atomic E-state index is -0.500. The molecule has 17 aromatic rings. The van der Waals surface area contributed by atoms with Gasteiger partial charge in [0.1, 0.15) is 0 Å². The molecular formula is C82H66BN5P2. The molecule has 0 bridgehead atoms. The molecule has 0 saturated carbocycles. The summed E-state index contributed by atoms with van der Waals surface area (Å²) < 4.78 is 24.7. The lowest BCUT2D eigenvalue weighted by atomic mass is 9.95. The fourth-order valence-electron chi connectivity index (χ4n) is 14.4. The Kier molecular flexibility index (Phi) is 14.4. The third kappa shape index (κ3) is 9.40. The zero-order valence-corrected chi connectivity index (χ0v) is 52.6. The highest BCUT2D eigenvalue weighted by Crippen LogP contribution is 2.41. The van der Waals surface area contributed by atoms with Gasteiger partial charge in [0.05, 0.1) is 74.6 Å². The number of benzene rings is 12. The Morgan fingerprint density at radius 2 is 0.578 bits per heavy atom. The molecule has 432 valence electrons. The van der Waals surface area contributed by atoms with Crippen molar-refractivity contribution in [3.63, 3.8) is 0 Å². The standard InChI is InChI=1S/C42H29N3.C38H28N2.CH4BP.CH5P/c1-7-19-37-31(13-1)32-14-2-8-20-38(32)43(37)28-25-29(44-39-21-9-3-15-33(39)34-16-4-10-22-40(34)44)27-30(26-28)45-41-23-11-5-17-35(41)36-18-6-12-24-42(36)45;1-25-23-27(39-35-15-7-3-11-31(35)32-12-4-8-16-36(32)39)19-21-29(25)30-22-20-28(24-26(30)2)40-37-17-9-5-13-33(37)34-14-6-10-18-38(34)40;2-1-3;1-2/h1-17,19-23,25-27H,18,24H2;3-24H,1-2H3;1,3H2;2H2,1H3/i;;1D;1T. The molecule has 3 unspecified atom stereocenters. The topological polar surface area (TPSA) is 24.6 Å². The summed E-state index contributed by atoms with van der Waals surface area (Å²) >= 11 is 0. The van der Waals surface area contributed by atoms with E-state index in [0.29, 0.717) is 6.64 Å². The fourth-order valence-corrected chi connectivity index (χ4v) is 14.4. The van der Waals surface area contributed by atoms with Crippen LogP contribution in [-0.4, -0.2) is 43.4 Å². The monoisotopic (exact) mass is 1200 g/mol. The van der Waals surface area contributed by atoms with Gasteiger partial charge in [-0.1, -0.05) is 201 Å². The van der Waals surface area contributed by atoms with E-state index in [9.17, 15) is 0 Å². The van der Waals surface area contributed by atoms with Crippen LogP contribution < -0.4 is 0 Å². The Balaban J connectivity index is 0.000000140. The van der Waals surface area contributed by atoms with Gasteiger partial charge in [-0.05, 0) is 145 Å². The second-order valence-corrected chi connectivity index (χ2v) is 23.4. The van der Waals surface area contributed by atoms with Gasteiger partial charge in [-0.3, -0.25) is 0 Å². The van der Waals surface area contributed by atoms with Gasteiger partial charge in [0.2, 0.25) is 0 Å². The van der Waals surface area contributed by atoms with Crippen LogP contribution in [0.2, 0.25) is 0 Å². The van der Waals surface area contributed by atoms with Crippen LogP contribution in [0.4, 0.5) is 0 Å². The van der Waals surface area contributed by atoms with E-state index < -0.39 is 6.04 Å². The van der Waals surface area contributed by atoms with Crippen molar-refractivity contribution in [2.45, 2.75) is 26.7 Å². The van der Waals surface area contributed by atoms with E-state index in [1.54, 1.807) is 0 Å². The Morgan fingerprint density at radius 3 is 0.867 bits per heavy atom. The van der Waals surface area contributed by atoms with Crippen molar-refractivity contribution in [1.82, 2.24) is 22.8 Å². The molecule has 90 heavy (non-hydrogen) atoms. The van der Waals surface area contributed by atoms with Gasteiger partial charge in [0.15, 0.2) is 0 Å². The van der Waals surface area contributed by atoms with Crippen LogP contribution in [0.5, 0.6) is 0 Å². The Bertz CT molecular complexity index is 5190. The van der Waals surface area contributed by atoms with Crippen molar-refractivity contribution in [2.24, 2.45) is 0 Å². The van der Waals surface area contributed by atoms with E-state index in [-0.39, 0.29) is 0 Å².